The van der Waals surface area contributed by atoms with Crippen molar-refractivity contribution < 1.29 is 22.7 Å². The number of carbonyl (C=O) groups excluding carboxylic acids is 1. The minimum atomic E-state index is -3.58. The first-order chi connectivity index (χ1) is 16.2. The number of nitrogens with one attached hydrogen (secondary N) is 1. The number of fused-ring (bicyclic) bond motifs is 1. The van der Waals surface area contributed by atoms with E-state index in [1.807, 2.05) is 37.3 Å². The molecule has 1 N–H and O–H groups in total. The molecule has 1 amide bonds. The van der Waals surface area contributed by atoms with Crippen LogP contribution < -0.4 is 9.47 Å². The zero-order valence-corrected chi connectivity index (χ0v) is 20.3. The molecular weight excluding hydrogens is 476 g/mol. The van der Waals surface area contributed by atoms with Crippen molar-refractivity contribution >= 4 is 49.0 Å². The van der Waals surface area contributed by atoms with E-state index in [-0.39, 0.29) is 32.8 Å². The third kappa shape index (κ3) is 4.62. The van der Waals surface area contributed by atoms with Crippen LogP contribution in [0, 0.1) is 5.41 Å². The maximum Gasteiger partial charge on any atom is 0.283 e. The molecular formula is C23H22N4O5S2. The number of methoxy groups -OCH3 is 1. The van der Waals surface area contributed by atoms with Crippen molar-refractivity contribution in [2.75, 3.05) is 12.9 Å². The molecule has 2 heterocycles. The molecule has 0 aliphatic carbocycles. The van der Waals surface area contributed by atoms with Crippen LogP contribution in [0.1, 0.15) is 31.1 Å². The van der Waals surface area contributed by atoms with Gasteiger partial charge in [0.25, 0.3) is 5.91 Å². The van der Waals surface area contributed by atoms with Crippen LogP contribution in [0.2, 0.25) is 0 Å². The number of amides is 1. The Morgan fingerprint density at radius 1 is 1.18 bits per heavy atom. The Morgan fingerprint density at radius 2 is 1.91 bits per heavy atom. The van der Waals surface area contributed by atoms with Gasteiger partial charge in [0.2, 0.25) is 19.4 Å². The Labute approximate surface area is 201 Å². The molecule has 9 nitrogen and oxygen atoms in total. The normalized spacial score (nSPS) is 17.9. The van der Waals surface area contributed by atoms with Crippen molar-refractivity contribution in [2.24, 2.45) is 10.1 Å². The zero-order chi connectivity index (χ0) is 24.5. The first kappa shape index (κ1) is 23.7. The van der Waals surface area contributed by atoms with E-state index in [2.05, 4.69) is 10.1 Å². The number of thioether (sulfide) groups is 1. The lowest BCUT2D eigenvalue weighted by Crippen LogP contribution is -2.35. The summed E-state index contributed by atoms with van der Waals surface area (Å²) in [7, 11) is -2.07. The monoisotopic (exact) mass is 498 g/mol. The highest BCUT2D eigenvalue weighted by Gasteiger charge is 2.39. The van der Waals surface area contributed by atoms with Crippen LogP contribution in [0.15, 0.2) is 64.2 Å². The molecule has 0 unspecified atom stereocenters. The highest BCUT2D eigenvalue weighted by atomic mass is 32.3. The molecule has 1 atom stereocenters. The number of nitrogens with zero attached hydrogens (tertiary/aromatic N) is 3. The van der Waals surface area contributed by atoms with E-state index >= 15 is 0 Å². The van der Waals surface area contributed by atoms with E-state index < -0.39 is 15.7 Å². The zero-order valence-electron chi connectivity index (χ0n) is 18.7. The lowest BCUT2D eigenvalue weighted by Gasteiger charge is -2.20. The van der Waals surface area contributed by atoms with Crippen molar-refractivity contribution in [3.05, 3.63) is 65.2 Å². The summed E-state index contributed by atoms with van der Waals surface area (Å²) in [6.07, 6.45) is 1.28. The number of carbonyl (C=O) groups is 1. The molecule has 0 bridgehead atoms. The van der Waals surface area contributed by atoms with E-state index in [4.69, 9.17) is 14.9 Å². The van der Waals surface area contributed by atoms with E-state index in [9.17, 15) is 13.2 Å². The van der Waals surface area contributed by atoms with Gasteiger partial charge in [-0.3, -0.25) is 10.2 Å². The van der Waals surface area contributed by atoms with Gasteiger partial charge < -0.3 is 9.47 Å². The number of ether oxygens (including phenoxy) is 2. The lowest BCUT2D eigenvalue weighted by molar-refractivity contribution is -0.114. The minimum absolute atomic E-state index is 0.0170. The van der Waals surface area contributed by atoms with Gasteiger partial charge in [-0.1, -0.05) is 43.3 Å². The van der Waals surface area contributed by atoms with E-state index in [0.29, 0.717) is 17.1 Å². The quantitative estimate of drug-likeness (QED) is 0.601. The van der Waals surface area contributed by atoms with Crippen molar-refractivity contribution in [1.82, 2.24) is 5.01 Å². The predicted octanol–water partition coefficient (Wildman–Crippen LogP) is 3.85. The van der Waals surface area contributed by atoms with Gasteiger partial charge in [-0.15, -0.1) is 5.10 Å². The summed E-state index contributed by atoms with van der Waals surface area (Å²) in [5, 5.41) is 13.5. The Balaban J connectivity index is 1.60. The van der Waals surface area contributed by atoms with E-state index in [0.717, 1.165) is 22.3 Å². The Hall–Kier alpha value is -3.44. The molecule has 4 rings (SSSR count). The highest BCUT2D eigenvalue weighted by Crippen LogP contribution is 2.34. The Bertz CT molecular complexity index is 1350. The molecule has 0 saturated carbocycles. The number of aliphatic imine (C=N–C) groups is 1. The highest BCUT2D eigenvalue weighted by molar-refractivity contribution is 8.42. The number of benzene rings is 2. The van der Waals surface area contributed by atoms with Crippen molar-refractivity contribution in [2.45, 2.75) is 20.0 Å². The fraction of sp³-hybridized carbons (Fsp3) is 0.217. The van der Waals surface area contributed by atoms with E-state index in [1.165, 1.54) is 20.1 Å². The van der Waals surface area contributed by atoms with E-state index in [1.54, 1.807) is 18.2 Å². The summed E-state index contributed by atoms with van der Waals surface area (Å²) < 4.78 is 35.6. The molecule has 0 spiro atoms. The second kappa shape index (κ2) is 9.43. The van der Waals surface area contributed by atoms with Crippen LogP contribution >= 0.6 is 11.8 Å². The number of hydrazone groups is 1. The fourth-order valence-electron chi connectivity index (χ4n) is 3.24. The maximum absolute atomic E-state index is 12.6. The smallest absolute Gasteiger partial charge is 0.283 e. The molecule has 2 aliphatic heterocycles. The second-order valence-electron chi connectivity index (χ2n) is 7.37. The SMILES string of the molecule is CCS(=O)(=O)C1=NN2C(=N)/C(=C\c3ccc(O[C@@H](C)c4ccccc4)c(OC)c3)C(=O)N=C2S1. The Morgan fingerprint density at radius 3 is 2.59 bits per heavy atom. The molecule has 0 aromatic heterocycles. The fourth-order valence-corrected chi connectivity index (χ4v) is 5.41. The molecule has 0 fully saturated rings. The van der Waals surface area contributed by atoms with Crippen LogP contribution in [-0.2, 0) is 14.6 Å². The van der Waals surface area contributed by atoms with Crippen LogP contribution in [-0.4, -0.2) is 47.6 Å². The van der Waals surface area contributed by atoms with Gasteiger partial charge in [-0.2, -0.15) is 10.0 Å². The summed E-state index contributed by atoms with van der Waals surface area (Å²) in [5.41, 5.74) is 1.58. The summed E-state index contributed by atoms with van der Waals surface area (Å²) in [6, 6.07) is 14.9. The second-order valence-corrected chi connectivity index (χ2v) is 10.8. The van der Waals surface area contributed by atoms with Crippen LogP contribution in [0.5, 0.6) is 11.5 Å². The van der Waals surface area contributed by atoms with Crippen molar-refractivity contribution in [1.29, 1.82) is 5.41 Å². The van der Waals surface area contributed by atoms with Gasteiger partial charge in [0, 0.05) is 0 Å². The molecule has 0 radical (unpaired) electrons. The average Bonchev–Trinajstić information content (AvgIpc) is 3.28. The van der Waals surface area contributed by atoms with Gasteiger partial charge in [0.1, 0.15) is 6.10 Å². The minimum Gasteiger partial charge on any atom is -0.493 e. The van der Waals surface area contributed by atoms with Gasteiger partial charge in [0.05, 0.1) is 18.4 Å². The molecule has 2 aromatic rings. The molecule has 0 saturated heterocycles. The third-order valence-corrected chi connectivity index (χ3v) is 8.24. The summed E-state index contributed by atoms with van der Waals surface area (Å²) >= 11 is 0.766. The number of rotatable bonds is 6. The van der Waals surface area contributed by atoms with Gasteiger partial charge in [-0.25, -0.2) is 8.42 Å². The van der Waals surface area contributed by atoms with Crippen molar-refractivity contribution in [3.8, 4) is 11.5 Å². The van der Waals surface area contributed by atoms with Gasteiger partial charge >= 0.3 is 0 Å². The number of hydrogen-bond acceptors (Lipinski definition) is 8. The summed E-state index contributed by atoms with van der Waals surface area (Å²) in [6.45, 7) is 3.44. The summed E-state index contributed by atoms with van der Waals surface area (Å²) in [5.74, 6) is -0.0449. The molecule has 2 aliphatic rings. The molecule has 11 heteroatoms. The number of amidine groups is 2. The summed E-state index contributed by atoms with van der Waals surface area (Å²) in [4.78, 5) is 16.5. The number of sulfone groups is 1. The topological polar surface area (TPSA) is 121 Å². The first-order valence-corrected chi connectivity index (χ1v) is 12.8. The van der Waals surface area contributed by atoms with Crippen molar-refractivity contribution in [3.63, 3.8) is 0 Å². The molecule has 2 aromatic carbocycles. The Kier molecular flexibility index (Phi) is 6.58. The maximum atomic E-state index is 12.6. The van der Waals surface area contributed by atoms with Crippen LogP contribution in [0.3, 0.4) is 0 Å². The van der Waals surface area contributed by atoms with Gasteiger partial charge in [0.15, 0.2) is 17.3 Å². The van der Waals surface area contributed by atoms with Gasteiger partial charge in [-0.05, 0) is 48.0 Å². The number of hydrogen-bond donors (Lipinski definition) is 1. The first-order valence-electron chi connectivity index (χ1n) is 10.4. The third-order valence-electron chi connectivity index (χ3n) is 5.15. The average molecular weight is 499 g/mol. The molecule has 176 valence electrons. The largest absolute Gasteiger partial charge is 0.493 e. The van der Waals surface area contributed by atoms with Crippen LogP contribution in [0.25, 0.3) is 6.08 Å². The predicted molar refractivity (Wildman–Crippen MR) is 133 cm³/mol. The molecule has 34 heavy (non-hydrogen) atoms. The van der Waals surface area contributed by atoms with Crippen LogP contribution in [0.4, 0.5) is 0 Å². The lowest BCUT2D eigenvalue weighted by atomic mass is 10.1. The standard InChI is InChI=1S/C23H22N4O5S2/c1-4-34(29,30)23-26-27-20(24)17(21(28)25-22(27)33-23)12-15-10-11-18(19(13-15)31-3)32-14(2)16-8-6-5-7-9-16/h5-14,24H,4H2,1-3H3/b17-12+,24-20?/t14-/m0/s1.